The van der Waals surface area contributed by atoms with E-state index in [0.29, 0.717) is 41.7 Å². The largest absolute Gasteiger partial charge is 0.481 e. The van der Waals surface area contributed by atoms with E-state index in [4.69, 9.17) is 23.2 Å². The number of carbonyl (C=O) groups is 3. The average Bonchev–Trinajstić information content (AvgIpc) is 3.12. The van der Waals surface area contributed by atoms with E-state index in [0.717, 1.165) is 0 Å². The van der Waals surface area contributed by atoms with Crippen LogP contribution in [0.5, 0.6) is 0 Å². The molecule has 3 unspecified atom stereocenters. The summed E-state index contributed by atoms with van der Waals surface area (Å²) in [6.45, 7) is 2.45. The summed E-state index contributed by atoms with van der Waals surface area (Å²) in [4.78, 5) is 39.8. The molecule has 6 nitrogen and oxygen atoms in total. The zero-order valence-electron chi connectivity index (χ0n) is 13.6. The molecule has 3 atom stereocenters. The lowest BCUT2D eigenvalue weighted by Crippen LogP contribution is -2.43. The van der Waals surface area contributed by atoms with Crippen molar-refractivity contribution in [1.29, 1.82) is 0 Å². The number of carbonyl (C=O) groups excluding carboxylic acids is 2. The van der Waals surface area contributed by atoms with Gasteiger partial charge in [0.25, 0.3) is 0 Å². The minimum Gasteiger partial charge on any atom is -0.481 e. The minimum absolute atomic E-state index is 0.304. The van der Waals surface area contributed by atoms with Crippen molar-refractivity contribution in [3.05, 3.63) is 28.2 Å². The second-order valence-electron chi connectivity index (χ2n) is 6.43. The van der Waals surface area contributed by atoms with Crippen molar-refractivity contribution in [2.24, 2.45) is 11.8 Å². The number of aliphatic carboxylic acids is 1. The number of likely N-dealkylation sites (tertiary alicyclic amines) is 1. The number of anilines is 1. The number of benzene rings is 1. The number of amides is 2. The van der Waals surface area contributed by atoms with E-state index < -0.39 is 23.8 Å². The van der Waals surface area contributed by atoms with Crippen molar-refractivity contribution in [2.75, 3.05) is 18.0 Å². The molecule has 0 aliphatic carbocycles. The highest BCUT2D eigenvalue weighted by Gasteiger charge is 2.45. The number of carboxylic acids is 1. The molecule has 2 aliphatic rings. The SMILES string of the molecule is CC1C(C(=O)O)CCN1C(=O)C1CCN(c2cc(Cl)ccc2Cl)C1=O. The zero-order valence-corrected chi connectivity index (χ0v) is 15.1. The first-order valence-electron chi connectivity index (χ1n) is 8.11. The first-order chi connectivity index (χ1) is 11.8. The predicted molar refractivity (Wildman–Crippen MR) is 93.8 cm³/mol. The molecule has 1 aromatic rings. The molecule has 8 heteroatoms. The van der Waals surface area contributed by atoms with Crippen molar-refractivity contribution in [3.63, 3.8) is 0 Å². The summed E-state index contributed by atoms with van der Waals surface area (Å²) in [5.74, 6) is -2.92. The highest BCUT2D eigenvalue weighted by atomic mass is 35.5. The molecule has 2 saturated heterocycles. The second-order valence-corrected chi connectivity index (χ2v) is 7.28. The first-order valence-corrected chi connectivity index (χ1v) is 8.86. The van der Waals surface area contributed by atoms with E-state index in [9.17, 15) is 19.5 Å². The van der Waals surface area contributed by atoms with Crippen LogP contribution in [0.15, 0.2) is 18.2 Å². The summed E-state index contributed by atoms with van der Waals surface area (Å²) in [6.07, 6.45) is 0.786. The van der Waals surface area contributed by atoms with Crippen LogP contribution in [-0.2, 0) is 14.4 Å². The number of rotatable bonds is 3. The Balaban J connectivity index is 1.77. The van der Waals surface area contributed by atoms with E-state index >= 15 is 0 Å². The number of carboxylic acid groups (broad SMARTS) is 1. The highest BCUT2D eigenvalue weighted by molar-refractivity contribution is 6.36. The normalized spacial score (nSPS) is 26.4. The van der Waals surface area contributed by atoms with Crippen molar-refractivity contribution in [1.82, 2.24) is 4.90 Å². The van der Waals surface area contributed by atoms with Crippen LogP contribution in [0.3, 0.4) is 0 Å². The van der Waals surface area contributed by atoms with Crippen LogP contribution in [-0.4, -0.2) is 46.9 Å². The van der Waals surface area contributed by atoms with Gasteiger partial charge in [0, 0.05) is 24.2 Å². The van der Waals surface area contributed by atoms with E-state index in [-0.39, 0.29) is 11.8 Å². The topological polar surface area (TPSA) is 77.9 Å². The fraction of sp³-hybridized carbons (Fsp3) is 0.471. The fourth-order valence-corrected chi connectivity index (χ4v) is 4.01. The van der Waals surface area contributed by atoms with Gasteiger partial charge in [0.15, 0.2) is 0 Å². The van der Waals surface area contributed by atoms with Crippen LogP contribution in [0.1, 0.15) is 19.8 Å². The van der Waals surface area contributed by atoms with Gasteiger partial charge in [-0.2, -0.15) is 0 Å². The highest BCUT2D eigenvalue weighted by Crippen LogP contribution is 2.35. The number of nitrogens with zero attached hydrogens (tertiary/aromatic N) is 2. The lowest BCUT2D eigenvalue weighted by atomic mass is 10.0. The molecule has 134 valence electrons. The van der Waals surface area contributed by atoms with Crippen molar-refractivity contribution in [2.45, 2.75) is 25.8 Å². The Morgan fingerprint density at radius 1 is 1.20 bits per heavy atom. The van der Waals surface area contributed by atoms with Crippen molar-refractivity contribution in [3.8, 4) is 0 Å². The summed E-state index contributed by atoms with van der Waals surface area (Å²) in [6, 6.07) is 4.44. The van der Waals surface area contributed by atoms with E-state index in [1.165, 1.54) is 9.80 Å². The van der Waals surface area contributed by atoms with Crippen LogP contribution in [0, 0.1) is 11.8 Å². The van der Waals surface area contributed by atoms with Gasteiger partial charge in [0.05, 0.1) is 16.6 Å². The maximum Gasteiger partial charge on any atom is 0.308 e. The molecule has 2 heterocycles. The van der Waals surface area contributed by atoms with Gasteiger partial charge in [-0.15, -0.1) is 0 Å². The quantitative estimate of drug-likeness (QED) is 0.812. The molecule has 0 radical (unpaired) electrons. The first kappa shape index (κ1) is 18.0. The molecule has 3 rings (SSSR count). The van der Waals surface area contributed by atoms with Gasteiger partial charge in [0.2, 0.25) is 11.8 Å². The third kappa shape index (κ3) is 3.20. The van der Waals surface area contributed by atoms with Crippen LogP contribution < -0.4 is 4.90 Å². The molecule has 2 amide bonds. The third-order valence-electron chi connectivity index (χ3n) is 5.06. The molecular weight excluding hydrogens is 367 g/mol. The Labute approximate surface area is 155 Å². The molecule has 2 fully saturated rings. The summed E-state index contributed by atoms with van der Waals surface area (Å²) >= 11 is 12.1. The molecule has 0 spiro atoms. The Kier molecular flexibility index (Phi) is 4.93. The Morgan fingerprint density at radius 3 is 2.56 bits per heavy atom. The standard InChI is InChI=1S/C17H18Cl2N2O4/c1-9-11(17(24)25)4-6-20(9)15(22)12-5-7-21(16(12)23)14-8-10(18)2-3-13(14)19/h2-3,8-9,11-12H,4-7H2,1H3,(H,24,25). The lowest BCUT2D eigenvalue weighted by Gasteiger charge is -2.26. The second kappa shape index (κ2) is 6.84. The van der Waals surface area contributed by atoms with Crippen molar-refractivity contribution >= 4 is 46.7 Å². The molecule has 1 aromatic carbocycles. The minimum atomic E-state index is -0.909. The van der Waals surface area contributed by atoms with Crippen LogP contribution in [0.25, 0.3) is 0 Å². The van der Waals surface area contributed by atoms with E-state index in [1.54, 1.807) is 25.1 Å². The summed E-state index contributed by atoms with van der Waals surface area (Å²) in [5.41, 5.74) is 0.493. The smallest absolute Gasteiger partial charge is 0.308 e. The van der Waals surface area contributed by atoms with Crippen LogP contribution in [0.2, 0.25) is 10.0 Å². The summed E-state index contributed by atoms with van der Waals surface area (Å²) < 4.78 is 0. The van der Waals surface area contributed by atoms with Gasteiger partial charge in [-0.1, -0.05) is 23.2 Å². The average molecular weight is 385 g/mol. The predicted octanol–water partition coefficient (Wildman–Crippen LogP) is 2.67. The molecule has 0 aromatic heterocycles. The van der Waals surface area contributed by atoms with E-state index in [1.807, 2.05) is 0 Å². The maximum absolute atomic E-state index is 12.8. The molecular formula is C17H18Cl2N2O4. The Morgan fingerprint density at radius 2 is 1.92 bits per heavy atom. The third-order valence-corrected chi connectivity index (χ3v) is 5.61. The zero-order chi connectivity index (χ0) is 18.3. The van der Waals surface area contributed by atoms with Gasteiger partial charge in [-0.25, -0.2) is 0 Å². The van der Waals surface area contributed by atoms with Gasteiger partial charge >= 0.3 is 5.97 Å². The summed E-state index contributed by atoms with van der Waals surface area (Å²) in [7, 11) is 0. The summed E-state index contributed by atoms with van der Waals surface area (Å²) in [5, 5.41) is 10.1. The Hall–Kier alpha value is -1.79. The van der Waals surface area contributed by atoms with Crippen LogP contribution in [0.4, 0.5) is 5.69 Å². The maximum atomic E-state index is 12.8. The molecule has 0 saturated carbocycles. The number of hydrogen-bond donors (Lipinski definition) is 1. The van der Waals surface area contributed by atoms with Gasteiger partial charge in [-0.05, 0) is 38.0 Å². The monoisotopic (exact) mass is 384 g/mol. The van der Waals surface area contributed by atoms with Gasteiger partial charge < -0.3 is 14.9 Å². The molecule has 25 heavy (non-hydrogen) atoms. The van der Waals surface area contributed by atoms with E-state index in [2.05, 4.69) is 0 Å². The van der Waals surface area contributed by atoms with Crippen LogP contribution >= 0.6 is 23.2 Å². The van der Waals surface area contributed by atoms with Crippen molar-refractivity contribution < 1.29 is 19.5 Å². The fourth-order valence-electron chi connectivity index (χ4n) is 3.62. The number of hydrogen-bond acceptors (Lipinski definition) is 3. The molecule has 2 aliphatic heterocycles. The van der Waals surface area contributed by atoms with Gasteiger partial charge in [-0.3, -0.25) is 14.4 Å². The molecule has 0 bridgehead atoms. The Bertz CT molecular complexity index is 739. The number of halogens is 2. The van der Waals surface area contributed by atoms with Gasteiger partial charge in [0.1, 0.15) is 5.92 Å². The molecule has 1 N–H and O–H groups in total. The lowest BCUT2D eigenvalue weighted by molar-refractivity contribution is -0.144.